The van der Waals surface area contributed by atoms with Crippen molar-refractivity contribution in [3.8, 4) is 0 Å². The molecule has 7 nitrogen and oxygen atoms in total. The molecule has 4 aromatic rings. The lowest BCUT2D eigenvalue weighted by molar-refractivity contribution is 0.483. The normalized spacial score (nSPS) is 12.2. The van der Waals surface area contributed by atoms with Crippen molar-refractivity contribution in [2.75, 3.05) is 0 Å². The maximum atomic E-state index is 13.5. The second-order valence-corrected chi connectivity index (χ2v) is 11.3. The predicted molar refractivity (Wildman–Crippen MR) is 134 cm³/mol. The van der Waals surface area contributed by atoms with Crippen LogP contribution in [0.15, 0.2) is 88.8 Å². The van der Waals surface area contributed by atoms with E-state index in [9.17, 15) is 21.2 Å². The van der Waals surface area contributed by atoms with Crippen LogP contribution in [0.1, 0.15) is 25.1 Å². The van der Waals surface area contributed by atoms with Crippen molar-refractivity contribution >= 4 is 37.3 Å². The maximum Gasteiger partial charge on any atom is 0.294 e. The van der Waals surface area contributed by atoms with Gasteiger partial charge in [0.05, 0.1) is 21.7 Å². The summed E-state index contributed by atoms with van der Waals surface area (Å²) in [5.74, 6) is -0.253. The third-order valence-electron chi connectivity index (χ3n) is 4.84. The lowest BCUT2D eigenvalue weighted by Crippen LogP contribution is -2.14. The number of hydrogen-bond acceptors (Lipinski definition) is 5. The minimum Gasteiger partial charge on any atom is -0.282 e. The van der Waals surface area contributed by atoms with E-state index >= 15 is 0 Å². The molecule has 10 heteroatoms. The smallest absolute Gasteiger partial charge is 0.282 e. The van der Waals surface area contributed by atoms with E-state index in [-0.39, 0.29) is 21.4 Å². The molecule has 35 heavy (non-hydrogen) atoms. The molecule has 0 unspecified atom stereocenters. The Morgan fingerprint density at radius 2 is 1.57 bits per heavy atom. The number of nitrogens with zero attached hydrogens (tertiary/aromatic N) is 2. The van der Waals surface area contributed by atoms with Crippen molar-refractivity contribution < 1.29 is 25.8 Å². The van der Waals surface area contributed by atoms with Gasteiger partial charge >= 0.3 is 0 Å². The molecule has 0 radical (unpaired) electrons. The number of aryl methyl sites for hydroxylation is 1. The Hall–Kier alpha value is -3.34. The summed E-state index contributed by atoms with van der Waals surface area (Å²) in [6, 6.07) is 17.0. The van der Waals surface area contributed by atoms with Crippen molar-refractivity contribution in [3.05, 3.63) is 96.1 Å². The Morgan fingerprint density at radius 3 is 2.14 bits per heavy atom. The van der Waals surface area contributed by atoms with Crippen molar-refractivity contribution in [2.24, 2.45) is 5.92 Å². The Balaban J connectivity index is 0.000000261. The van der Waals surface area contributed by atoms with Gasteiger partial charge in [0.2, 0.25) is 0 Å². The average Bonchev–Trinajstić information content (AvgIpc) is 3.16. The molecule has 0 atom stereocenters. The number of hydrogen-bond donors (Lipinski definition) is 1. The largest absolute Gasteiger partial charge is 0.294 e. The zero-order valence-corrected chi connectivity index (χ0v) is 21.0. The van der Waals surface area contributed by atoms with E-state index in [1.807, 2.05) is 26.8 Å². The molecular weight excluding hydrogens is 491 g/mol. The average molecular weight is 517 g/mol. The number of fused-ring (bicyclic) bond motifs is 1. The first-order valence-electron chi connectivity index (χ1n) is 10.6. The van der Waals surface area contributed by atoms with E-state index in [1.165, 1.54) is 30.3 Å². The second-order valence-electron chi connectivity index (χ2n) is 8.11. The number of allylic oxidation sites excluding steroid dienone is 1. The van der Waals surface area contributed by atoms with Crippen LogP contribution in [0.2, 0.25) is 0 Å². The maximum absolute atomic E-state index is 13.5. The summed E-state index contributed by atoms with van der Waals surface area (Å²) < 4.78 is 70.3. The molecule has 0 aliphatic carbocycles. The molecule has 2 aromatic carbocycles. The molecule has 0 bridgehead atoms. The van der Waals surface area contributed by atoms with Gasteiger partial charge in [0, 0.05) is 5.39 Å². The molecule has 0 saturated heterocycles. The van der Waals surface area contributed by atoms with Crippen LogP contribution in [0.25, 0.3) is 17.1 Å². The van der Waals surface area contributed by atoms with E-state index in [4.69, 9.17) is 4.55 Å². The molecule has 0 saturated carbocycles. The molecule has 4 rings (SSSR count). The molecule has 0 aliphatic heterocycles. The highest BCUT2D eigenvalue weighted by atomic mass is 32.2. The minimum atomic E-state index is -4.02. The molecule has 0 fully saturated rings. The van der Waals surface area contributed by atoms with Gasteiger partial charge in [-0.05, 0) is 55.3 Å². The molecule has 184 valence electrons. The lowest BCUT2D eigenvalue weighted by atomic mass is 10.2. The van der Waals surface area contributed by atoms with Gasteiger partial charge in [-0.1, -0.05) is 55.8 Å². The minimum absolute atomic E-state index is 0.0666. The van der Waals surface area contributed by atoms with Gasteiger partial charge in [0.15, 0.2) is 5.65 Å². The summed E-state index contributed by atoms with van der Waals surface area (Å²) in [6.45, 7) is 5.83. The Kier molecular flexibility index (Phi) is 7.89. The van der Waals surface area contributed by atoms with Crippen molar-refractivity contribution in [1.82, 2.24) is 8.96 Å². The number of benzene rings is 2. The van der Waals surface area contributed by atoms with Crippen molar-refractivity contribution in [2.45, 2.75) is 30.6 Å². The number of pyridine rings is 1. The van der Waals surface area contributed by atoms with E-state index in [0.717, 1.165) is 15.7 Å². The van der Waals surface area contributed by atoms with Crippen molar-refractivity contribution in [1.29, 1.82) is 0 Å². The van der Waals surface area contributed by atoms with E-state index in [0.29, 0.717) is 11.1 Å². The molecule has 0 aliphatic rings. The first-order valence-corrected chi connectivity index (χ1v) is 13.5. The predicted octanol–water partition coefficient (Wildman–Crippen LogP) is 5.32. The van der Waals surface area contributed by atoms with Gasteiger partial charge in [-0.3, -0.25) is 4.55 Å². The summed E-state index contributed by atoms with van der Waals surface area (Å²) in [5, 5.41) is 0.443. The molecule has 2 heterocycles. The highest BCUT2D eigenvalue weighted by Crippen LogP contribution is 2.26. The van der Waals surface area contributed by atoms with Gasteiger partial charge in [0.1, 0.15) is 5.82 Å². The first kappa shape index (κ1) is 26.3. The van der Waals surface area contributed by atoms with Crippen LogP contribution >= 0.6 is 0 Å². The number of aromatic nitrogens is 2. The van der Waals surface area contributed by atoms with Crippen LogP contribution in [0.4, 0.5) is 4.39 Å². The summed E-state index contributed by atoms with van der Waals surface area (Å²) in [7, 11) is -7.85. The van der Waals surface area contributed by atoms with Gasteiger partial charge in [-0.25, -0.2) is 21.8 Å². The van der Waals surface area contributed by atoms with E-state index < -0.39 is 26.0 Å². The first-order chi connectivity index (χ1) is 16.4. The second kappa shape index (κ2) is 10.5. The van der Waals surface area contributed by atoms with Crippen LogP contribution in [-0.2, 0) is 20.1 Å². The van der Waals surface area contributed by atoms with Crippen LogP contribution in [0.5, 0.6) is 0 Å². The third kappa shape index (κ3) is 6.41. The van der Waals surface area contributed by atoms with Gasteiger partial charge in [-0.2, -0.15) is 8.42 Å². The number of halogens is 1. The molecule has 0 amide bonds. The van der Waals surface area contributed by atoms with Crippen LogP contribution in [-0.4, -0.2) is 30.3 Å². The highest BCUT2D eigenvalue weighted by Gasteiger charge is 2.23. The van der Waals surface area contributed by atoms with Crippen molar-refractivity contribution in [3.63, 3.8) is 0 Å². The third-order valence-corrected chi connectivity index (χ3v) is 7.44. The quantitative estimate of drug-likeness (QED) is 0.360. The fraction of sp³-hybridized carbons (Fsp3) is 0.160. The summed E-state index contributed by atoms with van der Waals surface area (Å²) in [4.78, 5) is 4.09. The fourth-order valence-electron chi connectivity index (χ4n) is 3.13. The lowest BCUT2D eigenvalue weighted by Gasteiger charge is -2.09. The van der Waals surface area contributed by atoms with Gasteiger partial charge in [-0.15, -0.1) is 0 Å². The fourth-order valence-corrected chi connectivity index (χ4v) is 5.09. The highest BCUT2D eigenvalue weighted by molar-refractivity contribution is 7.90. The van der Waals surface area contributed by atoms with Gasteiger partial charge in [0.25, 0.3) is 20.1 Å². The molecular formula is C25H25FN2O5S2. The summed E-state index contributed by atoms with van der Waals surface area (Å²) >= 11 is 0. The summed E-state index contributed by atoms with van der Waals surface area (Å²) in [6.07, 6.45) is 4.64. The van der Waals surface area contributed by atoms with Crippen LogP contribution < -0.4 is 0 Å². The summed E-state index contributed by atoms with van der Waals surface area (Å²) in [5.41, 5.74) is 1.61. The Morgan fingerprint density at radius 1 is 0.943 bits per heavy atom. The topological polar surface area (TPSA) is 106 Å². The molecule has 2 aromatic heterocycles. The SMILES string of the molecule is CC(C)C=Cc1cc2cc(F)cnc2n1S(=O)(=O)c1ccccc1.Cc1ccc(S(=O)(=O)O)cc1. The molecule has 0 spiro atoms. The Labute approximate surface area is 204 Å². The monoisotopic (exact) mass is 516 g/mol. The van der Waals surface area contributed by atoms with Crippen LogP contribution in [0, 0.1) is 18.7 Å². The van der Waals surface area contributed by atoms with E-state index in [2.05, 4.69) is 4.98 Å². The van der Waals surface area contributed by atoms with Crippen LogP contribution in [0.3, 0.4) is 0 Å². The number of rotatable bonds is 5. The Bertz CT molecular complexity index is 1560. The molecule has 1 N–H and O–H groups in total. The zero-order valence-electron chi connectivity index (χ0n) is 19.3. The van der Waals surface area contributed by atoms with E-state index in [1.54, 1.807) is 42.5 Å². The van der Waals surface area contributed by atoms with Gasteiger partial charge < -0.3 is 0 Å². The standard InChI is InChI=1S/C18H17FN2O2S.C7H8O3S/c1-13(2)8-9-16-11-14-10-15(19)12-20-18(14)21(16)24(22,23)17-6-4-3-5-7-17;1-6-2-4-7(5-3-6)11(8,9)10/h3-13H,1-2H3;2-5H,1H3,(H,8,9,10). The zero-order chi connectivity index (χ0) is 25.8.